The molecule has 0 heterocycles. The fourth-order valence-electron chi connectivity index (χ4n) is 2.42. The Morgan fingerprint density at radius 2 is 1.94 bits per heavy atom. The van der Waals surface area contributed by atoms with E-state index in [1.165, 1.54) is 31.4 Å². The second-order valence-electron chi connectivity index (χ2n) is 4.52. The number of halogens is 2. The van der Waals surface area contributed by atoms with Crippen molar-refractivity contribution in [3.8, 4) is 0 Å². The largest absolute Gasteiger partial charge is 0.388 e. The molecule has 0 bridgehead atoms. The van der Waals surface area contributed by atoms with Gasteiger partial charge in [0.1, 0.15) is 5.82 Å². The molecular weight excluding hydrogens is 227 g/mol. The molecule has 1 saturated carbocycles. The molecule has 2 rings (SSSR count). The van der Waals surface area contributed by atoms with Gasteiger partial charge in [0.15, 0.2) is 0 Å². The van der Waals surface area contributed by atoms with Gasteiger partial charge < -0.3 is 5.11 Å². The first-order valence-corrected chi connectivity index (χ1v) is 6.19. The number of hydrogen-bond donors (Lipinski definition) is 1. The van der Waals surface area contributed by atoms with E-state index in [0.717, 1.165) is 18.4 Å². The number of aliphatic hydroxyl groups is 1. The molecule has 88 valence electrons. The SMILES string of the molecule is O[C@@H](c1ccc(F)c(Cl)c1)C1CCCCC1. The van der Waals surface area contributed by atoms with Crippen LogP contribution in [0.4, 0.5) is 4.39 Å². The molecule has 0 unspecified atom stereocenters. The number of rotatable bonds is 2. The summed E-state index contributed by atoms with van der Waals surface area (Å²) in [5.41, 5.74) is 0.735. The second kappa shape index (κ2) is 5.15. The predicted octanol–water partition coefficient (Wildman–Crippen LogP) is 4.09. The normalized spacial score (nSPS) is 19.7. The van der Waals surface area contributed by atoms with Gasteiger partial charge in [-0.15, -0.1) is 0 Å². The monoisotopic (exact) mass is 242 g/mol. The Balaban J connectivity index is 2.12. The highest BCUT2D eigenvalue weighted by Gasteiger charge is 2.23. The molecular formula is C13H16ClFO. The molecule has 1 N–H and O–H groups in total. The summed E-state index contributed by atoms with van der Waals surface area (Å²) in [5, 5.41) is 10.3. The van der Waals surface area contributed by atoms with Crippen LogP contribution in [0.5, 0.6) is 0 Å². The van der Waals surface area contributed by atoms with Crippen LogP contribution in [0.1, 0.15) is 43.8 Å². The minimum Gasteiger partial charge on any atom is -0.388 e. The van der Waals surface area contributed by atoms with Gasteiger partial charge in [0, 0.05) is 0 Å². The van der Waals surface area contributed by atoms with E-state index in [0.29, 0.717) is 5.92 Å². The van der Waals surface area contributed by atoms with E-state index < -0.39 is 11.9 Å². The van der Waals surface area contributed by atoms with Crippen molar-refractivity contribution in [2.24, 2.45) is 5.92 Å². The summed E-state index contributed by atoms with van der Waals surface area (Å²) in [6.45, 7) is 0. The number of benzene rings is 1. The first-order valence-electron chi connectivity index (χ1n) is 5.81. The average molecular weight is 243 g/mol. The lowest BCUT2D eigenvalue weighted by atomic mass is 9.83. The van der Waals surface area contributed by atoms with Crippen molar-refractivity contribution in [3.63, 3.8) is 0 Å². The maximum Gasteiger partial charge on any atom is 0.141 e. The van der Waals surface area contributed by atoms with Crippen LogP contribution >= 0.6 is 11.6 Å². The van der Waals surface area contributed by atoms with Crippen LogP contribution in [0.2, 0.25) is 5.02 Å². The van der Waals surface area contributed by atoms with Gasteiger partial charge in [-0.25, -0.2) is 4.39 Å². The van der Waals surface area contributed by atoms with E-state index in [-0.39, 0.29) is 5.02 Å². The van der Waals surface area contributed by atoms with Crippen LogP contribution in [0.15, 0.2) is 18.2 Å². The van der Waals surface area contributed by atoms with Crippen LogP contribution in [-0.4, -0.2) is 5.11 Å². The molecule has 1 atom stereocenters. The summed E-state index contributed by atoms with van der Waals surface area (Å²) in [6.07, 6.45) is 5.21. The minimum absolute atomic E-state index is 0.0901. The molecule has 3 heteroatoms. The van der Waals surface area contributed by atoms with Crippen molar-refractivity contribution in [1.82, 2.24) is 0 Å². The van der Waals surface area contributed by atoms with Gasteiger partial charge in [-0.3, -0.25) is 0 Å². The van der Waals surface area contributed by atoms with E-state index in [9.17, 15) is 9.50 Å². The van der Waals surface area contributed by atoms with Crippen LogP contribution in [0.25, 0.3) is 0 Å². The highest BCUT2D eigenvalue weighted by Crippen LogP contribution is 2.35. The van der Waals surface area contributed by atoms with Gasteiger partial charge in [0.25, 0.3) is 0 Å². The number of hydrogen-bond acceptors (Lipinski definition) is 1. The van der Waals surface area contributed by atoms with Gasteiger partial charge in [-0.1, -0.05) is 36.9 Å². The molecule has 1 aromatic carbocycles. The van der Waals surface area contributed by atoms with Crippen molar-refractivity contribution in [2.45, 2.75) is 38.2 Å². The summed E-state index contributed by atoms with van der Waals surface area (Å²) >= 11 is 5.71. The molecule has 0 aromatic heterocycles. The van der Waals surface area contributed by atoms with E-state index in [2.05, 4.69) is 0 Å². The predicted molar refractivity (Wildman–Crippen MR) is 62.9 cm³/mol. The quantitative estimate of drug-likeness (QED) is 0.828. The Labute approximate surface area is 100 Å². The third kappa shape index (κ3) is 2.55. The Bertz CT molecular complexity index is 361. The highest BCUT2D eigenvalue weighted by molar-refractivity contribution is 6.30. The maximum absolute atomic E-state index is 13.0. The van der Waals surface area contributed by atoms with Crippen molar-refractivity contribution >= 4 is 11.6 Å². The zero-order valence-electron chi connectivity index (χ0n) is 9.13. The summed E-state index contributed by atoms with van der Waals surface area (Å²) in [5.74, 6) is -0.128. The molecule has 1 aliphatic rings. The third-order valence-electron chi connectivity index (χ3n) is 3.38. The highest BCUT2D eigenvalue weighted by atomic mass is 35.5. The van der Waals surface area contributed by atoms with Crippen LogP contribution in [0, 0.1) is 11.7 Å². The maximum atomic E-state index is 13.0. The summed E-state index contributed by atoms with van der Waals surface area (Å²) in [6, 6.07) is 4.49. The van der Waals surface area contributed by atoms with Crippen molar-refractivity contribution in [2.75, 3.05) is 0 Å². The Hall–Kier alpha value is -0.600. The van der Waals surface area contributed by atoms with Gasteiger partial charge in [-0.2, -0.15) is 0 Å². The topological polar surface area (TPSA) is 20.2 Å². The zero-order chi connectivity index (χ0) is 11.5. The lowest BCUT2D eigenvalue weighted by Gasteiger charge is -2.26. The fourth-order valence-corrected chi connectivity index (χ4v) is 2.61. The molecule has 0 aliphatic heterocycles. The van der Waals surface area contributed by atoms with E-state index >= 15 is 0 Å². The molecule has 1 aliphatic carbocycles. The first kappa shape index (κ1) is 11.9. The molecule has 1 nitrogen and oxygen atoms in total. The Morgan fingerprint density at radius 3 is 2.56 bits per heavy atom. The van der Waals surface area contributed by atoms with Crippen molar-refractivity contribution in [3.05, 3.63) is 34.6 Å². The van der Waals surface area contributed by atoms with Crippen LogP contribution in [-0.2, 0) is 0 Å². The van der Waals surface area contributed by atoms with Gasteiger partial charge in [0.2, 0.25) is 0 Å². The molecule has 1 aromatic rings. The lowest BCUT2D eigenvalue weighted by Crippen LogP contribution is -2.15. The Morgan fingerprint density at radius 1 is 1.25 bits per heavy atom. The van der Waals surface area contributed by atoms with Crippen molar-refractivity contribution in [1.29, 1.82) is 0 Å². The molecule has 0 spiro atoms. The van der Waals surface area contributed by atoms with E-state index in [1.807, 2.05) is 0 Å². The third-order valence-corrected chi connectivity index (χ3v) is 3.67. The molecule has 0 amide bonds. The van der Waals surface area contributed by atoms with Crippen LogP contribution < -0.4 is 0 Å². The van der Waals surface area contributed by atoms with Crippen LogP contribution in [0.3, 0.4) is 0 Å². The molecule has 16 heavy (non-hydrogen) atoms. The molecule has 1 fully saturated rings. The van der Waals surface area contributed by atoms with E-state index in [4.69, 9.17) is 11.6 Å². The average Bonchev–Trinajstić information content (AvgIpc) is 2.33. The van der Waals surface area contributed by atoms with E-state index in [1.54, 1.807) is 6.07 Å². The summed E-state index contributed by atoms with van der Waals surface area (Å²) in [7, 11) is 0. The smallest absolute Gasteiger partial charge is 0.141 e. The van der Waals surface area contributed by atoms with Gasteiger partial charge in [-0.05, 0) is 36.5 Å². The molecule has 0 saturated heterocycles. The van der Waals surface area contributed by atoms with Gasteiger partial charge >= 0.3 is 0 Å². The summed E-state index contributed by atoms with van der Waals surface area (Å²) in [4.78, 5) is 0. The standard InChI is InChI=1S/C13H16ClFO/c14-11-8-10(6-7-12(11)15)13(16)9-4-2-1-3-5-9/h6-9,13,16H,1-5H2/t13-/m1/s1. The second-order valence-corrected chi connectivity index (χ2v) is 4.92. The lowest BCUT2D eigenvalue weighted by molar-refractivity contribution is 0.0848. The first-order chi connectivity index (χ1) is 7.68. The molecule has 0 radical (unpaired) electrons. The minimum atomic E-state index is -0.501. The van der Waals surface area contributed by atoms with Gasteiger partial charge in [0.05, 0.1) is 11.1 Å². The summed E-state index contributed by atoms with van der Waals surface area (Å²) < 4.78 is 13.0. The number of aliphatic hydroxyl groups excluding tert-OH is 1. The zero-order valence-corrected chi connectivity index (χ0v) is 9.88. The fraction of sp³-hybridized carbons (Fsp3) is 0.538. The van der Waals surface area contributed by atoms with Crippen molar-refractivity contribution < 1.29 is 9.50 Å². The Kier molecular flexibility index (Phi) is 3.82.